The van der Waals surface area contributed by atoms with E-state index in [1.165, 1.54) is 11.4 Å². The van der Waals surface area contributed by atoms with E-state index in [4.69, 9.17) is 0 Å². The van der Waals surface area contributed by atoms with Gasteiger partial charge in [0.05, 0.1) is 23.1 Å². The third-order valence-electron chi connectivity index (χ3n) is 3.94. The molecule has 1 N–H and O–H groups in total. The quantitative estimate of drug-likeness (QED) is 0.850. The fraction of sp³-hybridized carbons (Fsp3) is 0.625. The van der Waals surface area contributed by atoms with E-state index in [1.807, 2.05) is 23.5 Å². The molecular formula is C16H27N5. The average Bonchev–Trinajstić information content (AvgIpc) is 3.01. The molecule has 5 heteroatoms. The molecule has 2 rings (SSSR count). The van der Waals surface area contributed by atoms with Crippen LogP contribution in [-0.2, 0) is 33.4 Å². The highest BCUT2D eigenvalue weighted by atomic mass is 15.3. The maximum Gasteiger partial charge on any atom is 0.0625 e. The van der Waals surface area contributed by atoms with Crippen molar-refractivity contribution in [2.24, 2.45) is 14.1 Å². The van der Waals surface area contributed by atoms with Gasteiger partial charge in [-0.3, -0.25) is 9.36 Å². The summed E-state index contributed by atoms with van der Waals surface area (Å²) in [5, 5.41) is 12.7. The van der Waals surface area contributed by atoms with Gasteiger partial charge in [-0.05, 0) is 31.5 Å². The predicted molar refractivity (Wildman–Crippen MR) is 85.3 cm³/mol. The summed E-state index contributed by atoms with van der Waals surface area (Å²) in [7, 11) is 4.05. The van der Waals surface area contributed by atoms with Crippen molar-refractivity contribution >= 4 is 0 Å². The van der Waals surface area contributed by atoms with Crippen LogP contribution in [0.2, 0.25) is 0 Å². The third-order valence-corrected chi connectivity index (χ3v) is 3.94. The molecule has 0 saturated carbocycles. The Bertz CT molecular complexity index is 582. The standard InChI is InChI=1S/C16H27N5/c1-6-12-9-14(20(4)18-12)11-15(17-8-3)16-10-13(7-2)19-21(16)5/h9-10,15,17H,6-8,11H2,1-5H3. The first kappa shape index (κ1) is 15.8. The molecule has 0 aliphatic rings. The molecule has 1 atom stereocenters. The predicted octanol–water partition coefficient (Wildman–Crippen LogP) is 2.17. The summed E-state index contributed by atoms with van der Waals surface area (Å²) in [6.07, 6.45) is 2.88. The van der Waals surface area contributed by atoms with Crippen LogP contribution in [0, 0.1) is 0 Å². The highest BCUT2D eigenvalue weighted by Crippen LogP contribution is 2.20. The van der Waals surface area contributed by atoms with Crippen LogP contribution in [-0.4, -0.2) is 26.1 Å². The van der Waals surface area contributed by atoms with Crippen LogP contribution in [0.5, 0.6) is 0 Å². The molecule has 0 bridgehead atoms. The van der Waals surface area contributed by atoms with Gasteiger partial charge in [-0.2, -0.15) is 10.2 Å². The van der Waals surface area contributed by atoms with Crippen molar-refractivity contribution in [3.63, 3.8) is 0 Å². The molecule has 2 aromatic rings. The molecule has 21 heavy (non-hydrogen) atoms. The lowest BCUT2D eigenvalue weighted by atomic mass is 10.1. The second-order valence-electron chi connectivity index (χ2n) is 5.46. The van der Waals surface area contributed by atoms with E-state index in [2.05, 4.69) is 48.4 Å². The van der Waals surface area contributed by atoms with Gasteiger partial charge in [0.15, 0.2) is 0 Å². The van der Waals surface area contributed by atoms with Gasteiger partial charge in [-0.15, -0.1) is 0 Å². The first-order chi connectivity index (χ1) is 10.1. The first-order valence-corrected chi connectivity index (χ1v) is 7.86. The second-order valence-corrected chi connectivity index (χ2v) is 5.46. The molecule has 5 nitrogen and oxygen atoms in total. The zero-order valence-corrected chi connectivity index (χ0v) is 13.8. The van der Waals surface area contributed by atoms with Gasteiger partial charge in [0.1, 0.15) is 0 Å². The van der Waals surface area contributed by atoms with E-state index in [1.54, 1.807) is 0 Å². The van der Waals surface area contributed by atoms with Gasteiger partial charge in [-0.25, -0.2) is 0 Å². The van der Waals surface area contributed by atoms with E-state index in [0.29, 0.717) is 0 Å². The van der Waals surface area contributed by atoms with Crippen LogP contribution < -0.4 is 5.32 Å². The van der Waals surface area contributed by atoms with E-state index in [-0.39, 0.29) is 6.04 Å². The summed E-state index contributed by atoms with van der Waals surface area (Å²) < 4.78 is 4.00. The monoisotopic (exact) mass is 289 g/mol. The maximum absolute atomic E-state index is 4.57. The Hall–Kier alpha value is -1.62. The van der Waals surface area contributed by atoms with Crippen molar-refractivity contribution in [2.75, 3.05) is 6.54 Å². The summed E-state index contributed by atoms with van der Waals surface area (Å²) in [4.78, 5) is 0. The third kappa shape index (κ3) is 3.53. The van der Waals surface area contributed by atoms with Crippen LogP contribution >= 0.6 is 0 Å². The molecule has 0 spiro atoms. The van der Waals surface area contributed by atoms with Gasteiger partial charge in [0, 0.05) is 26.2 Å². The summed E-state index contributed by atoms with van der Waals surface area (Å²) in [5.41, 5.74) is 4.81. The molecule has 0 aliphatic heterocycles. The van der Waals surface area contributed by atoms with E-state index >= 15 is 0 Å². The average molecular weight is 289 g/mol. The summed E-state index contributed by atoms with van der Waals surface area (Å²) >= 11 is 0. The molecule has 0 radical (unpaired) electrons. The van der Waals surface area contributed by atoms with Crippen molar-refractivity contribution in [2.45, 2.75) is 46.1 Å². The van der Waals surface area contributed by atoms with Crippen molar-refractivity contribution in [3.05, 3.63) is 34.9 Å². The van der Waals surface area contributed by atoms with E-state index < -0.39 is 0 Å². The number of likely N-dealkylation sites (N-methyl/N-ethyl adjacent to an activating group) is 1. The number of nitrogens with zero attached hydrogens (tertiary/aromatic N) is 4. The zero-order valence-electron chi connectivity index (χ0n) is 13.8. The normalized spacial score (nSPS) is 12.8. The Morgan fingerprint density at radius 3 is 2.14 bits per heavy atom. The van der Waals surface area contributed by atoms with E-state index in [0.717, 1.165) is 37.2 Å². The van der Waals surface area contributed by atoms with E-state index in [9.17, 15) is 0 Å². The minimum Gasteiger partial charge on any atom is -0.309 e. The molecule has 2 heterocycles. The molecule has 0 aromatic carbocycles. The molecule has 0 amide bonds. The van der Waals surface area contributed by atoms with Crippen molar-refractivity contribution in [1.82, 2.24) is 24.9 Å². The van der Waals surface area contributed by atoms with Crippen molar-refractivity contribution < 1.29 is 0 Å². The van der Waals surface area contributed by atoms with Gasteiger partial charge in [0.25, 0.3) is 0 Å². The Morgan fingerprint density at radius 1 is 1.00 bits per heavy atom. The number of nitrogens with one attached hydrogen (secondary N) is 1. The smallest absolute Gasteiger partial charge is 0.0625 e. The van der Waals surface area contributed by atoms with Crippen LogP contribution in [0.1, 0.15) is 49.6 Å². The van der Waals surface area contributed by atoms with Gasteiger partial charge < -0.3 is 5.32 Å². The van der Waals surface area contributed by atoms with Crippen LogP contribution in [0.3, 0.4) is 0 Å². The Balaban J connectivity index is 2.25. The largest absolute Gasteiger partial charge is 0.309 e. The van der Waals surface area contributed by atoms with Crippen molar-refractivity contribution in [1.29, 1.82) is 0 Å². The molecule has 116 valence electrons. The fourth-order valence-electron chi connectivity index (χ4n) is 2.71. The summed E-state index contributed by atoms with van der Waals surface area (Å²) in [6, 6.07) is 4.69. The highest BCUT2D eigenvalue weighted by Gasteiger charge is 2.18. The summed E-state index contributed by atoms with van der Waals surface area (Å²) in [6.45, 7) is 7.37. The number of aromatic nitrogens is 4. The van der Waals surface area contributed by atoms with Crippen LogP contribution in [0.25, 0.3) is 0 Å². The number of rotatable bonds is 7. The Labute approximate surface area is 127 Å². The molecular weight excluding hydrogens is 262 g/mol. The second kappa shape index (κ2) is 6.89. The number of hydrogen-bond donors (Lipinski definition) is 1. The maximum atomic E-state index is 4.57. The SMILES string of the molecule is CCNC(Cc1cc(CC)nn1C)c1cc(CC)nn1C. The molecule has 0 fully saturated rings. The first-order valence-electron chi connectivity index (χ1n) is 7.86. The zero-order chi connectivity index (χ0) is 15.4. The van der Waals surface area contributed by atoms with Crippen molar-refractivity contribution in [3.8, 4) is 0 Å². The topological polar surface area (TPSA) is 47.7 Å². The summed E-state index contributed by atoms with van der Waals surface area (Å²) in [5.74, 6) is 0. The lowest BCUT2D eigenvalue weighted by Crippen LogP contribution is -2.25. The number of aryl methyl sites for hydroxylation is 4. The minimum atomic E-state index is 0.271. The highest BCUT2D eigenvalue weighted by molar-refractivity contribution is 5.19. The Morgan fingerprint density at radius 2 is 1.62 bits per heavy atom. The molecule has 0 saturated heterocycles. The minimum absolute atomic E-state index is 0.271. The number of hydrogen-bond acceptors (Lipinski definition) is 3. The molecule has 2 aromatic heterocycles. The lowest BCUT2D eigenvalue weighted by molar-refractivity contribution is 0.493. The molecule has 1 unspecified atom stereocenters. The van der Waals surface area contributed by atoms with Gasteiger partial charge >= 0.3 is 0 Å². The fourth-order valence-corrected chi connectivity index (χ4v) is 2.71. The van der Waals surface area contributed by atoms with Crippen LogP contribution in [0.15, 0.2) is 12.1 Å². The molecule has 0 aliphatic carbocycles. The van der Waals surface area contributed by atoms with Crippen LogP contribution in [0.4, 0.5) is 0 Å². The van der Waals surface area contributed by atoms with Gasteiger partial charge in [-0.1, -0.05) is 20.8 Å². The Kier molecular flexibility index (Phi) is 5.17. The van der Waals surface area contributed by atoms with Gasteiger partial charge in [0.2, 0.25) is 0 Å². The lowest BCUT2D eigenvalue weighted by Gasteiger charge is -2.18.